The van der Waals surface area contributed by atoms with Gasteiger partial charge in [0.25, 0.3) is 0 Å². The SMILES string of the molecule is c1ccc(-c2cc3c(cc2-c2ccccc2)n2c4ccccc4c4c5nccnc5c5c6ccccc6n3c5c42)cc1. The van der Waals surface area contributed by atoms with Gasteiger partial charge in [0.05, 0.1) is 44.1 Å². The first-order valence-electron chi connectivity index (χ1n) is 14.3. The largest absolute Gasteiger partial charge is 0.305 e. The first-order valence-corrected chi connectivity index (χ1v) is 14.3. The van der Waals surface area contributed by atoms with E-state index in [0.717, 1.165) is 32.8 Å². The molecule has 4 heterocycles. The Balaban J connectivity index is 1.57. The summed E-state index contributed by atoms with van der Waals surface area (Å²) in [4.78, 5) is 9.91. The molecule has 0 amide bonds. The summed E-state index contributed by atoms with van der Waals surface area (Å²) in [6.45, 7) is 0. The maximum absolute atomic E-state index is 4.95. The van der Waals surface area contributed by atoms with Gasteiger partial charge < -0.3 is 8.80 Å². The van der Waals surface area contributed by atoms with Crippen molar-refractivity contribution in [1.82, 2.24) is 18.8 Å². The van der Waals surface area contributed by atoms with Crippen LogP contribution in [0, 0.1) is 0 Å². The maximum Gasteiger partial charge on any atom is 0.0994 e. The number of para-hydroxylation sites is 2. The van der Waals surface area contributed by atoms with Crippen LogP contribution in [0.3, 0.4) is 0 Å². The molecule has 10 rings (SSSR count). The molecule has 0 aliphatic rings. The third kappa shape index (κ3) is 2.66. The van der Waals surface area contributed by atoms with Crippen molar-refractivity contribution in [2.45, 2.75) is 0 Å². The highest BCUT2D eigenvalue weighted by molar-refractivity contribution is 6.35. The molecule has 0 N–H and O–H groups in total. The van der Waals surface area contributed by atoms with Crippen LogP contribution >= 0.6 is 0 Å². The van der Waals surface area contributed by atoms with Crippen molar-refractivity contribution in [3.63, 3.8) is 0 Å². The van der Waals surface area contributed by atoms with Gasteiger partial charge in [-0.05, 0) is 46.5 Å². The van der Waals surface area contributed by atoms with Gasteiger partial charge in [-0.25, -0.2) is 0 Å². The van der Waals surface area contributed by atoms with Crippen LogP contribution in [-0.2, 0) is 0 Å². The number of nitrogens with zero attached hydrogens (tertiary/aromatic N) is 4. The zero-order valence-corrected chi connectivity index (χ0v) is 22.5. The highest BCUT2D eigenvalue weighted by Gasteiger charge is 2.26. The summed E-state index contributed by atoms with van der Waals surface area (Å²) in [5.41, 5.74) is 13.8. The Labute approximate surface area is 240 Å². The van der Waals surface area contributed by atoms with Crippen LogP contribution in [0.5, 0.6) is 0 Å². The smallest absolute Gasteiger partial charge is 0.0994 e. The van der Waals surface area contributed by atoms with Gasteiger partial charge in [0.2, 0.25) is 0 Å². The molecule has 42 heavy (non-hydrogen) atoms. The van der Waals surface area contributed by atoms with Crippen LogP contribution < -0.4 is 0 Å². The molecule has 4 heteroatoms. The first-order chi connectivity index (χ1) is 20.9. The van der Waals surface area contributed by atoms with Crippen LogP contribution in [0.15, 0.2) is 134 Å². The fraction of sp³-hybridized carbons (Fsp3) is 0. The lowest BCUT2D eigenvalue weighted by molar-refractivity contribution is 1.25. The molecule has 10 aromatic rings. The normalized spacial score (nSPS) is 12.3. The van der Waals surface area contributed by atoms with Crippen molar-refractivity contribution >= 4 is 65.7 Å². The molecule has 0 saturated carbocycles. The zero-order chi connectivity index (χ0) is 27.4. The average Bonchev–Trinajstić information content (AvgIpc) is 3.60. The van der Waals surface area contributed by atoms with Crippen molar-refractivity contribution in [2.75, 3.05) is 0 Å². The minimum absolute atomic E-state index is 0.950. The van der Waals surface area contributed by atoms with Gasteiger partial charge in [-0.1, -0.05) is 97.1 Å². The van der Waals surface area contributed by atoms with Gasteiger partial charge in [-0.15, -0.1) is 0 Å². The third-order valence-electron chi connectivity index (χ3n) is 8.91. The molecule has 0 unspecified atom stereocenters. The topological polar surface area (TPSA) is 34.6 Å². The number of fused-ring (bicyclic) bond motifs is 12. The predicted molar refractivity (Wildman–Crippen MR) is 174 cm³/mol. The Morgan fingerprint density at radius 3 is 1.26 bits per heavy atom. The molecule has 0 fully saturated rings. The summed E-state index contributed by atoms with van der Waals surface area (Å²) in [6.07, 6.45) is 3.64. The van der Waals surface area contributed by atoms with E-state index in [4.69, 9.17) is 9.97 Å². The van der Waals surface area contributed by atoms with E-state index < -0.39 is 0 Å². The van der Waals surface area contributed by atoms with E-state index in [2.05, 4.69) is 130 Å². The van der Waals surface area contributed by atoms with Gasteiger partial charge in [-0.2, -0.15) is 0 Å². The average molecular weight is 535 g/mol. The standard InChI is InChI=1S/C38H22N4/c1-3-11-23(12-4-1)27-21-31-32(22-28(27)24-13-5-2-6-14-24)42-30-18-10-8-16-26(30)34-36-35(39-19-20-40-36)33-25-15-7-9-17-29(25)41(31)37(33)38(34)42/h1-22H. The lowest BCUT2D eigenvalue weighted by Crippen LogP contribution is -2.00. The maximum atomic E-state index is 4.95. The van der Waals surface area contributed by atoms with E-state index in [9.17, 15) is 0 Å². The van der Waals surface area contributed by atoms with E-state index in [1.165, 1.54) is 55.1 Å². The Bertz CT molecular complexity index is 2480. The highest BCUT2D eigenvalue weighted by atomic mass is 15.0. The number of hydrogen-bond donors (Lipinski definition) is 0. The van der Waals surface area contributed by atoms with Gasteiger partial charge in [0.1, 0.15) is 0 Å². The zero-order valence-electron chi connectivity index (χ0n) is 22.5. The number of hydrogen-bond acceptors (Lipinski definition) is 2. The fourth-order valence-corrected chi connectivity index (χ4v) is 7.26. The minimum atomic E-state index is 0.950. The van der Waals surface area contributed by atoms with Crippen molar-refractivity contribution in [1.29, 1.82) is 0 Å². The molecule has 0 atom stereocenters. The van der Waals surface area contributed by atoms with Gasteiger partial charge in [-0.3, -0.25) is 9.97 Å². The molecule has 4 nitrogen and oxygen atoms in total. The van der Waals surface area contributed by atoms with E-state index in [1.54, 1.807) is 0 Å². The molecule has 194 valence electrons. The van der Waals surface area contributed by atoms with Crippen LogP contribution in [0.25, 0.3) is 87.9 Å². The lowest BCUT2D eigenvalue weighted by Gasteiger charge is -2.17. The Kier molecular flexibility index (Phi) is 4.15. The van der Waals surface area contributed by atoms with E-state index in [0.29, 0.717) is 0 Å². The van der Waals surface area contributed by atoms with E-state index in [-0.39, 0.29) is 0 Å². The van der Waals surface area contributed by atoms with E-state index >= 15 is 0 Å². The fourth-order valence-electron chi connectivity index (χ4n) is 7.26. The molecule has 0 saturated heterocycles. The van der Waals surface area contributed by atoms with Crippen LogP contribution in [0.2, 0.25) is 0 Å². The van der Waals surface area contributed by atoms with Crippen molar-refractivity contribution in [3.8, 4) is 22.3 Å². The Morgan fingerprint density at radius 2 is 0.810 bits per heavy atom. The Hall–Kier alpha value is -5.74. The van der Waals surface area contributed by atoms with Crippen LogP contribution in [0.4, 0.5) is 0 Å². The van der Waals surface area contributed by atoms with E-state index in [1.807, 2.05) is 12.4 Å². The molecular formula is C38H22N4. The van der Waals surface area contributed by atoms with Crippen molar-refractivity contribution < 1.29 is 0 Å². The molecule has 0 spiro atoms. The van der Waals surface area contributed by atoms with Gasteiger partial charge in [0, 0.05) is 33.9 Å². The van der Waals surface area contributed by atoms with Gasteiger partial charge in [0.15, 0.2) is 0 Å². The summed E-state index contributed by atoms with van der Waals surface area (Å²) in [6, 6.07) is 43.7. The molecule has 6 aromatic carbocycles. The number of aromatic nitrogens is 4. The predicted octanol–water partition coefficient (Wildman–Crippen LogP) is 9.52. The number of benzene rings is 6. The summed E-state index contributed by atoms with van der Waals surface area (Å²) < 4.78 is 4.94. The summed E-state index contributed by atoms with van der Waals surface area (Å²) >= 11 is 0. The molecule has 0 aliphatic carbocycles. The molecule has 4 aromatic heterocycles. The second-order valence-corrected chi connectivity index (χ2v) is 11.0. The monoisotopic (exact) mass is 534 g/mol. The highest BCUT2D eigenvalue weighted by Crippen LogP contribution is 2.47. The minimum Gasteiger partial charge on any atom is -0.305 e. The first kappa shape index (κ1) is 22.0. The molecular weight excluding hydrogens is 512 g/mol. The third-order valence-corrected chi connectivity index (χ3v) is 8.91. The van der Waals surface area contributed by atoms with Crippen LogP contribution in [0.1, 0.15) is 0 Å². The van der Waals surface area contributed by atoms with Crippen LogP contribution in [-0.4, -0.2) is 18.8 Å². The summed E-state index contributed by atoms with van der Waals surface area (Å²) in [5.74, 6) is 0. The molecule has 0 radical (unpaired) electrons. The molecule has 0 bridgehead atoms. The number of rotatable bonds is 2. The van der Waals surface area contributed by atoms with Crippen molar-refractivity contribution in [3.05, 3.63) is 134 Å². The Morgan fingerprint density at radius 1 is 0.405 bits per heavy atom. The van der Waals surface area contributed by atoms with Gasteiger partial charge >= 0.3 is 0 Å². The second-order valence-electron chi connectivity index (χ2n) is 11.0. The molecule has 0 aliphatic heterocycles. The summed E-state index contributed by atoms with van der Waals surface area (Å²) in [5, 5.41) is 4.70. The quantitative estimate of drug-likeness (QED) is 0.207. The van der Waals surface area contributed by atoms with Crippen molar-refractivity contribution in [2.24, 2.45) is 0 Å². The second kappa shape index (κ2) is 7.93. The summed E-state index contributed by atoms with van der Waals surface area (Å²) in [7, 11) is 0. The lowest BCUT2D eigenvalue weighted by atomic mass is 9.93.